The topological polar surface area (TPSA) is 29.5 Å². The smallest absolute Gasteiger partial charge is 0.177 e. The second-order valence-corrected chi connectivity index (χ2v) is 4.54. The number of anilines is 1. The maximum atomic E-state index is 11.5. The van der Waals surface area contributed by atoms with Gasteiger partial charge in [-0.2, -0.15) is 0 Å². The Morgan fingerprint density at radius 2 is 2.35 bits per heavy atom. The highest BCUT2D eigenvalue weighted by Gasteiger charge is 2.23. The van der Waals surface area contributed by atoms with Gasteiger partial charge in [-0.25, -0.2) is 0 Å². The van der Waals surface area contributed by atoms with Gasteiger partial charge >= 0.3 is 0 Å². The van der Waals surface area contributed by atoms with Crippen molar-refractivity contribution in [2.45, 2.75) is 19.4 Å². The van der Waals surface area contributed by atoms with E-state index in [1.807, 2.05) is 19.2 Å². The van der Waals surface area contributed by atoms with E-state index in [4.69, 9.17) is 16.3 Å². The molecule has 0 amide bonds. The molecule has 1 unspecified atom stereocenters. The SMILES string of the molecule is CCC1CN(C)c2cc(C(=O)CCl)ccc2O1. The molecule has 0 saturated heterocycles. The summed E-state index contributed by atoms with van der Waals surface area (Å²) in [7, 11) is 2.01. The van der Waals surface area contributed by atoms with Crippen LogP contribution in [0.2, 0.25) is 0 Å². The fraction of sp³-hybridized carbons (Fsp3) is 0.462. The molecule has 1 aliphatic rings. The minimum atomic E-state index is -0.0551. The first-order valence-electron chi connectivity index (χ1n) is 5.76. The number of carbonyl (C=O) groups excluding carboxylic acids is 1. The predicted octanol–water partition coefficient (Wildman–Crippen LogP) is 2.72. The molecule has 0 N–H and O–H groups in total. The van der Waals surface area contributed by atoms with Crippen molar-refractivity contribution in [1.82, 2.24) is 0 Å². The van der Waals surface area contributed by atoms with Crippen molar-refractivity contribution in [1.29, 1.82) is 0 Å². The summed E-state index contributed by atoms with van der Waals surface area (Å²) in [5.41, 5.74) is 1.61. The third-order valence-electron chi connectivity index (χ3n) is 3.04. The molecule has 1 heterocycles. The molecule has 4 heteroatoms. The Bertz CT molecular complexity index is 433. The molecule has 2 rings (SSSR count). The summed E-state index contributed by atoms with van der Waals surface area (Å²) in [5, 5.41) is 0. The molecule has 0 fully saturated rings. The van der Waals surface area contributed by atoms with Crippen LogP contribution in [-0.4, -0.2) is 31.4 Å². The second kappa shape index (κ2) is 4.96. The van der Waals surface area contributed by atoms with E-state index in [-0.39, 0.29) is 17.8 Å². The highest BCUT2D eigenvalue weighted by molar-refractivity contribution is 6.30. The van der Waals surface area contributed by atoms with Gasteiger partial charge in [-0.3, -0.25) is 4.79 Å². The van der Waals surface area contributed by atoms with E-state index >= 15 is 0 Å². The third kappa shape index (κ3) is 2.39. The average molecular weight is 254 g/mol. The van der Waals surface area contributed by atoms with Crippen LogP contribution in [0.3, 0.4) is 0 Å². The number of benzene rings is 1. The lowest BCUT2D eigenvalue weighted by Gasteiger charge is -2.33. The predicted molar refractivity (Wildman–Crippen MR) is 69.5 cm³/mol. The van der Waals surface area contributed by atoms with Gasteiger partial charge in [0.2, 0.25) is 0 Å². The van der Waals surface area contributed by atoms with Crippen LogP contribution in [0, 0.1) is 0 Å². The number of fused-ring (bicyclic) bond motifs is 1. The number of ketones is 1. The van der Waals surface area contributed by atoms with E-state index in [2.05, 4.69) is 11.8 Å². The number of alkyl halides is 1. The Morgan fingerprint density at radius 1 is 1.59 bits per heavy atom. The van der Waals surface area contributed by atoms with Gasteiger partial charge in [-0.1, -0.05) is 6.92 Å². The number of carbonyl (C=O) groups is 1. The molecule has 1 aliphatic heterocycles. The van der Waals surface area contributed by atoms with E-state index in [9.17, 15) is 4.79 Å². The number of hydrogen-bond acceptors (Lipinski definition) is 3. The molecule has 0 radical (unpaired) electrons. The van der Waals surface area contributed by atoms with E-state index < -0.39 is 0 Å². The van der Waals surface area contributed by atoms with Crippen molar-refractivity contribution in [2.75, 3.05) is 24.4 Å². The Morgan fingerprint density at radius 3 is 3.00 bits per heavy atom. The Labute approximate surface area is 106 Å². The molecule has 3 nitrogen and oxygen atoms in total. The lowest BCUT2D eigenvalue weighted by molar-refractivity contribution is 0.102. The van der Waals surface area contributed by atoms with Crippen LogP contribution in [0.25, 0.3) is 0 Å². The quantitative estimate of drug-likeness (QED) is 0.613. The van der Waals surface area contributed by atoms with Crippen LogP contribution in [0.1, 0.15) is 23.7 Å². The number of rotatable bonds is 3. The monoisotopic (exact) mass is 253 g/mol. The molecule has 0 spiro atoms. The minimum Gasteiger partial charge on any atom is -0.486 e. The summed E-state index contributed by atoms with van der Waals surface area (Å²) in [6.07, 6.45) is 1.20. The van der Waals surface area contributed by atoms with Gasteiger partial charge in [0.05, 0.1) is 18.1 Å². The van der Waals surface area contributed by atoms with Crippen LogP contribution < -0.4 is 9.64 Å². The lowest BCUT2D eigenvalue weighted by atomic mass is 10.1. The fourth-order valence-electron chi connectivity index (χ4n) is 2.00. The molecule has 1 aromatic rings. The van der Waals surface area contributed by atoms with Crippen LogP contribution in [-0.2, 0) is 0 Å². The normalized spacial score (nSPS) is 18.5. The largest absolute Gasteiger partial charge is 0.486 e. The van der Waals surface area contributed by atoms with Gasteiger partial charge in [-0.05, 0) is 24.6 Å². The number of nitrogens with zero attached hydrogens (tertiary/aromatic N) is 1. The number of Topliss-reactive ketones (excluding diaryl/α,β-unsaturated/α-hetero) is 1. The van der Waals surface area contributed by atoms with Gasteiger partial charge in [-0.15, -0.1) is 11.6 Å². The Balaban J connectivity index is 2.33. The van der Waals surface area contributed by atoms with Gasteiger partial charge in [0, 0.05) is 12.6 Å². The van der Waals surface area contributed by atoms with Crippen LogP contribution >= 0.6 is 11.6 Å². The zero-order chi connectivity index (χ0) is 12.4. The van der Waals surface area contributed by atoms with E-state index in [1.54, 1.807) is 6.07 Å². The number of ether oxygens (including phenoxy) is 1. The fourth-order valence-corrected chi connectivity index (χ4v) is 2.15. The molecule has 0 saturated carbocycles. The minimum absolute atomic E-state index is 0.0148. The second-order valence-electron chi connectivity index (χ2n) is 4.27. The van der Waals surface area contributed by atoms with Crippen LogP contribution in [0.5, 0.6) is 5.75 Å². The Kier molecular flexibility index (Phi) is 3.57. The van der Waals surface area contributed by atoms with Crippen molar-refractivity contribution in [3.63, 3.8) is 0 Å². The summed E-state index contributed by atoms with van der Waals surface area (Å²) in [6, 6.07) is 5.48. The zero-order valence-corrected chi connectivity index (χ0v) is 10.8. The van der Waals surface area contributed by atoms with Crippen molar-refractivity contribution < 1.29 is 9.53 Å². The summed E-state index contributed by atoms with van der Waals surface area (Å²) in [4.78, 5) is 13.7. The maximum absolute atomic E-state index is 11.5. The average Bonchev–Trinajstić information content (AvgIpc) is 2.37. The summed E-state index contributed by atoms with van der Waals surface area (Å²) in [6.45, 7) is 2.96. The molecular weight excluding hydrogens is 238 g/mol. The van der Waals surface area contributed by atoms with Gasteiger partial charge < -0.3 is 9.64 Å². The van der Waals surface area contributed by atoms with Gasteiger partial charge in [0.25, 0.3) is 0 Å². The summed E-state index contributed by atoms with van der Waals surface area (Å²) >= 11 is 5.56. The molecule has 92 valence electrons. The molecule has 0 aromatic heterocycles. The first-order chi connectivity index (χ1) is 8.15. The van der Waals surface area contributed by atoms with E-state index in [0.717, 1.165) is 24.4 Å². The van der Waals surface area contributed by atoms with Crippen molar-refractivity contribution in [3.05, 3.63) is 23.8 Å². The van der Waals surface area contributed by atoms with Crippen molar-refractivity contribution in [2.24, 2.45) is 0 Å². The third-order valence-corrected chi connectivity index (χ3v) is 3.28. The van der Waals surface area contributed by atoms with Crippen molar-refractivity contribution >= 4 is 23.1 Å². The highest BCUT2D eigenvalue weighted by Crippen LogP contribution is 2.34. The number of likely N-dealkylation sites (N-methyl/N-ethyl adjacent to an activating group) is 1. The van der Waals surface area contributed by atoms with Gasteiger partial charge in [0.1, 0.15) is 11.9 Å². The lowest BCUT2D eigenvalue weighted by Crippen LogP contribution is -2.37. The van der Waals surface area contributed by atoms with E-state index in [0.29, 0.717) is 5.56 Å². The van der Waals surface area contributed by atoms with Crippen LogP contribution in [0.4, 0.5) is 5.69 Å². The van der Waals surface area contributed by atoms with Crippen molar-refractivity contribution in [3.8, 4) is 5.75 Å². The molecule has 0 bridgehead atoms. The maximum Gasteiger partial charge on any atom is 0.177 e. The zero-order valence-electron chi connectivity index (χ0n) is 10.1. The molecular formula is C13H16ClNO2. The number of hydrogen-bond donors (Lipinski definition) is 0. The first-order valence-corrected chi connectivity index (χ1v) is 6.30. The van der Waals surface area contributed by atoms with E-state index in [1.165, 1.54) is 0 Å². The highest BCUT2D eigenvalue weighted by atomic mass is 35.5. The summed E-state index contributed by atoms with van der Waals surface area (Å²) < 4.78 is 5.83. The Hall–Kier alpha value is -1.22. The number of halogens is 1. The molecule has 17 heavy (non-hydrogen) atoms. The first kappa shape index (κ1) is 12.2. The standard InChI is InChI=1S/C13H16ClNO2/c1-3-10-8-15(2)11-6-9(12(16)7-14)4-5-13(11)17-10/h4-6,10H,3,7-8H2,1-2H3. The summed E-state index contributed by atoms with van der Waals surface area (Å²) in [5.74, 6) is 0.804. The van der Waals surface area contributed by atoms with Gasteiger partial charge in [0.15, 0.2) is 5.78 Å². The van der Waals surface area contributed by atoms with Crippen LogP contribution in [0.15, 0.2) is 18.2 Å². The molecule has 0 aliphatic carbocycles. The molecule has 1 atom stereocenters. The molecule has 1 aromatic carbocycles.